The normalized spacial score (nSPS) is 11.2. The lowest BCUT2D eigenvalue weighted by molar-refractivity contribution is -0.183. The third-order valence-electron chi connectivity index (χ3n) is 3.41. The van der Waals surface area contributed by atoms with Crippen LogP contribution in [0.3, 0.4) is 0 Å². The summed E-state index contributed by atoms with van der Waals surface area (Å²) in [6, 6.07) is 16.6. The van der Waals surface area contributed by atoms with E-state index in [4.69, 9.17) is 14.2 Å². The molecule has 2 aromatic carbocycles. The molecule has 0 fully saturated rings. The average Bonchev–Trinajstić information content (AvgIpc) is 2.57. The molecule has 2 rings (SSSR count). The highest BCUT2D eigenvalue weighted by Crippen LogP contribution is 2.33. The second kappa shape index (κ2) is 6.52. The quantitative estimate of drug-likeness (QED) is 0.626. The first kappa shape index (κ1) is 15.2. The maximum Gasteiger partial charge on any atom is 0.337 e. The first-order chi connectivity index (χ1) is 10.2. The van der Waals surface area contributed by atoms with Gasteiger partial charge in [0, 0.05) is 25.3 Å². The van der Waals surface area contributed by atoms with Crippen molar-refractivity contribution in [3.8, 4) is 0 Å². The average molecular weight is 286 g/mol. The molecule has 110 valence electrons. The first-order valence-electron chi connectivity index (χ1n) is 6.52. The molecule has 0 amide bonds. The molecule has 0 heterocycles. The lowest BCUT2D eigenvalue weighted by Gasteiger charge is -2.31. The molecule has 2 aromatic rings. The second-order valence-electron chi connectivity index (χ2n) is 4.46. The van der Waals surface area contributed by atoms with Gasteiger partial charge >= 0.3 is 5.97 Å². The van der Waals surface area contributed by atoms with Gasteiger partial charge < -0.3 is 14.2 Å². The van der Waals surface area contributed by atoms with Crippen LogP contribution in [0, 0.1) is 0 Å². The molecular formula is C17H18O4. The van der Waals surface area contributed by atoms with Crippen LogP contribution in [-0.2, 0) is 20.0 Å². The van der Waals surface area contributed by atoms with E-state index in [9.17, 15) is 4.79 Å². The molecule has 0 unspecified atom stereocenters. The predicted octanol–water partition coefficient (Wildman–Crippen LogP) is 2.97. The van der Waals surface area contributed by atoms with Crippen LogP contribution in [0.2, 0.25) is 0 Å². The lowest BCUT2D eigenvalue weighted by Crippen LogP contribution is -2.32. The summed E-state index contributed by atoms with van der Waals surface area (Å²) in [5.74, 6) is -1.38. The molecule has 0 bridgehead atoms. The predicted molar refractivity (Wildman–Crippen MR) is 79.0 cm³/mol. The number of esters is 1. The van der Waals surface area contributed by atoms with Crippen molar-refractivity contribution < 1.29 is 19.0 Å². The van der Waals surface area contributed by atoms with Crippen molar-refractivity contribution in [2.24, 2.45) is 0 Å². The molecule has 0 saturated carbocycles. The number of methoxy groups -OCH3 is 3. The van der Waals surface area contributed by atoms with Crippen molar-refractivity contribution >= 4 is 5.97 Å². The highest BCUT2D eigenvalue weighted by Gasteiger charge is 2.34. The van der Waals surface area contributed by atoms with Crippen molar-refractivity contribution in [3.05, 3.63) is 71.3 Å². The Morgan fingerprint density at radius 3 is 1.81 bits per heavy atom. The summed E-state index contributed by atoms with van der Waals surface area (Å²) >= 11 is 0. The molecule has 0 aliphatic rings. The van der Waals surface area contributed by atoms with Crippen LogP contribution in [-0.4, -0.2) is 27.3 Å². The van der Waals surface area contributed by atoms with Gasteiger partial charge in [-0.1, -0.05) is 42.5 Å². The molecule has 0 spiro atoms. The summed E-state index contributed by atoms with van der Waals surface area (Å²) in [4.78, 5) is 11.5. The smallest absolute Gasteiger partial charge is 0.337 e. The topological polar surface area (TPSA) is 44.8 Å². The summed E-state index contributed by atoms with van der Waals surface area (Å²) < 4.78 is 16.0. The van der Waals surface area contributed by atoms with Gasteiger partial charge in [-0.3, -0.25) is 0 Å². The Kier molecular flexibility index (Phi) is 4.73. The van der Waals surface area contributed by atoms with Crippen LogP contribution < -0.4 is 0 Å². The number of ether oxygens (including phenoxy) is 3. The number of carbonyl (C=O) groups is 1. The number of rotatable bonds is 5. The van der Waals surface area contributed by atoms with Gasteiger partial charge in [0.05, 0.1) is 12.7 Å². The Morgan fingerprint density at radius 1 is 0.810 bits per heavy atom. The van der Waals surface area contributed by atoms with Crippen molar-refractivity contribution in [1.82, 2.24) is 0 Å². The van der Waals surface area contributed by atoms with Gasteiger partial charge in [0.1, 0.15) is 0 Å². The van der Waals surface area contributed by atoms with Gasteiger partial charge in [-0.2, -0.15) is 0 Å². The molecule has 0 aromatic heterocycles. The molecule has 0 radical (unpaired) electrons. The van der Waals surface area contributed by atoms with Crippen molar-refractivity contribution in [2.75, 3.05) is 21.3 Å². The monoisotopic (exact) mass is 286 g/mol. The van der Waals surface area contributed by atoms with Crippen LogP contribution >= 0.6 is 0 Å². The fourth-order valence-corrected chi connectivity index (χ4v) is 2.32. The molecule has 0 saturated heterocycles. The van der Waals surface area contributed by atoms with E-state index in [1.54, 1.807) is 38.5 Å². The summed E-state index contributed by atoms with van der Waals surface area (Å²) in [6.45, 7) is 0. The Labute approximate surface area is 124 Å². The Balaban J connectivity index is 2.46. The summed E-state index contributed by atoms with van der Waals surface area (Å²) in [5.41, 5.74) is 2.16. The number of hydrogen-bond donors (Lipinski definition) is 0. The van der Waals surface area contributed by atoms with E-state index in [0.29, 0.717) is 5.56 Å². The van der Waals surface area contributed by atoms with Gasteiger partial charge in [0.15, 0.2) is 0 Å². The third kappa shape index (κ3) is 2.82. The number of hydrogen-bond acceptors (Lipinski definition) is 4. The molecule has 4 heteroatoms. The molecular weight excluding hydrogens is 268 g/mol. The van der Waals surface area contributed by atoms with Crippen molar-refractivity contribution in [3.63, 3.8) is 0 Å². The van der Waals surface area contributed by atoms with E-state index in [2.05, 4.69) is 0 Å². The van der Waals surface area contributed by atoms with E-state index in [1.165, 1.54) is 7.11 Å². The molecule has 21 heavy (non-hydrogen) atoms. The lowest BCUT2D eigenvalue weighted by atomic mass is 9.96. The summed E-state index contributed by atoms with van der Waals surface area (Å²) in [5, 5.41) is 0. The zero-order valence-corrected chi connectivity index (χ0v) is 12.3. The third-order valence-corrected chi connectivity index (χ3v) is 3.41. The Bertz CT molecular complexity index is 586. The van der Waals surface area contributed by atoms with Gasteiger partial charge in [-0.25, -0.2) is 4.79 Å². The van der Waals surface area contributed by atoms with E-state index < -0.39 is 5.79 Å². The van der Waals surface area contributed by atoms with Crippen LogP contribution in [0.5, 0.6) is 0 Å². The molecule has 0 atom stereocenters. The van der Waals surface area contributed by atoms with Gasteiger partial charge in [-0.05, 0) is 12.1 Å². The minimum Gasteiger partial charge on any atom is -0.465 e. The highest BCUT2D eigenvalue weighted by atomic mass is 16.7. The molecule has 0 aliphatic carbocycles. The zero-order chi connectivity index (χ0) is 15.3. The van der Waals surface area contributed by atoms with Crippen LogP contribution in [0.4, 0.5) is 0 Å². The summed E-state index contributed by atoms with van der Waals surface area (Å²) in [7, 11) is 4.53. The van der Waals surface area contributed by atoms with Gasteiger partial charge in [-0.15, -0.1) is 0 Å². The van der Waals surface area contributed by atoms with Crippen molar-refractivity contribution in [1.29, 1.82) is 0 Å². The molecule has 0 N–H and O–H groups in total. The Hall–Kier alpha value is -2.17. The van der Waals surface area contributed by atoms with Crippen LogP contribution in [0.25, 0.3) is 0 Å². The number of carbonyl (C=O) groups excluding carboxylic acids is 1. The van der Waals surface area contributed by atoms with Crippen LogP contribution in [0.15, 0.2) is 54.6 Å². The van der Waals surface area contributed by atoms with Gasteiger partial charge in [0.25, 0.3) is 0 Å². The maximum absolute atomic E-state index is 11.5. The standard InChI is InChI=1S/C17H18O4/c1-19-16(18)13-9-11-15(12-10-13)17(20-2,21-3)14-7-5-4-6-8-14/h4-12H,1-3H3. The fourth-order valence-electron chi connectivity index (χ4n) is 2.32. The van der Waals surface area contributed by atoms with Gasteiger partial charge in [0.2, 0.25) is 5.79 Å². The SMILES string of the molecule is COC(=O)c1ccc(C(OC)(OC)c2ccccc2)cc1. The van der Waals surface area contributed by atoms with E-state index >= 15 is 0 Å². The molecule has 4 nitrogen and oxygen atoms in total. The molecule has 0 aliphatic heterocycles. The van der Waals surface area contributed by atoms with E-state index in [1.807, 2.05) is 30.3 Å². The Morgan fingerprint density at radius 2 is 1.33 bits per heavy atom. The van der Waals surface area contributed by atoms with E-state index in [-0.39, 0.29) is 5.97 Å². The second-order valence-corrected chi connectivity index (χ2v) is 4.46. The number of benzene rings is 2. The minimum atomic E-state index is -1.00. The zero-order valence-electron chi connectivity index (χ0n) is 12.3. The highest BCUT2D eigenvalue weighted by molar-refractivity contribution is 5.89. The summed E-state index contributed by atoms with van der Waals surface area (Å²) in [6.07, 6.45) is 0. The largest absolute Gasteiger partial charge is 0.465 e. The minimum absolute atomic E-state index is 0.373. The fraction of sp³-hybridized carbons (Fsp3) is 0.235. The van der Waals surface area contributed by atoms with E-state index in [0.717, 1.165) is 11.1 Å². The first-order valence-corrected chi connectivity index (χ1v) is 6.52. The maximum atomic E-state index is 11.5. The van der Waals surface area contributed by atoms with Crippen LogP contribution in [0.1, 0.15) is 21.5 Å². The van der Waals surface area contributed by atoms with Crippen molar-refractivity contribution in [2.45, 2.75) is 5.79 Å².